The Morgan fingerprint density at radius 2 is 1.80 bits per heavy atom. The highest BCUT2D eigenvalue weighted by Crippen LogP contribution is 2.26. The number of hydrogen-bond donors (Lipinski definition) is 1. The van der Waals surface area contributed by atoms with Crippen molar-refractivity contribution in [3.63, 3.8) is 0 Å². The molecule has 0 saturated heterocycles. The van der Waals surface area contributed by atoms with Crippen LogP contribution in [0.15, 0.2) is 0 Å². The minimum atomic E-state index is -0.238. The molecule has 0 aliphatic heterocycles. The second kappa shape index (κ2) is 5.22. The molecule has 0 aromatic heterocycles. The fraction of sp³-hybridized carbons (Fsp3) is 1.00. The number of rotatable bonds is 5. The largest absolute Gasteiger partial charge is 0.396 e. The molecule has 10 heavy (non-hydrogen) atoms. The molecule has 0 atom stereocenters. The van der Waals surface area contributed by atoms with Crippen LogP contribution in [0.4, 0.5) is 0 Å². The summed E-state index contributed by atoms with van der Waals surface area (Å²) < 4.78 is 0. The van der Waals surface area contributed by atoms with Gasteiger partial charge in [0.15, 0.2) is 0 Å². The van der Waals surface area contributed by atoms with E-state index in [1.165, 1.54) is 0 Å². The van der Waals surface area contributed by atoms with Gasteiger partial charge in [0.05, 0.1) is 6.61 Å². The molecule has 0 unspecified atom stereocenters. The predicted octanol–water partition coefficient (Wildman–Crippen LogP) is 2.24. The summed E-state index contributed by atoms with van der Waals surface area (Å²) in [6, 6.07) is 0. The lowest BCUT2D eigenvalue weighted by Gasteiger charge is -2.25. The van der Waals surface area contributed by atoms with Crippen LogP contribution < -0.4 is 0 Å². The van der Waals surface area contributed by atoms with Crippen molar-refractivity contribution >= 4 is 23.2 Å². The van der Waals surface area contributed by atoms with Crippen LogP contribution in [-0.2, 0) is 0 Å². The van der Waals surface area contributed by atoms with Crippen LogP contribution in [0.2, 0.25) is 0 Å². The molecule has 1 nitrogen and oxygen atoms in total. The van der Waals surface area contributed by atoms with E-state index in [1.54, 1.807) is 0 Å². The molecule has 0 radical (unpaired) electrons. The average molecular weight is 185 g/mol. The van der Waals surface area contributed by atoms with Crippen LogP contribution in [0.5, 0.6) is 0 Å². The second-order valence-electron chi connectivity index (χ2n) is 2.68. The maximum atomic E-state index is 8.94. The molecule has 0 fully saturated rings. The van der Waals surface area contributed by atoms with Gasteiger partial charge in [0, 0.05) is 17.2 Å². The maximum Gasteiger partial charge on any atom is 0.0510 e. The van der Waals surface area contributed by atoms with Crippen molar-refractivity contribution in [1.82, 2.24) is 0 Å². The quantitative estimate of drug-likeness (QED) is 0.651. The molecule has 0 heterocycles. The van der Waals surface area contributed by atoms with E-state index < -0.39 is 0 Å². The number of aliphatic hydroxyl groups is 1. The fourth-order valence-electron chi connectivity index (χ4n) is 0.863. The summed E-state index contributed by atoms with van der Waals surface area (Å²) in [5, 5.41) is 8.94. The molecule has 1 N–H and O–H groups in total. The molecular weight excluding hydrogens is 171 g/mol. The lowest BCUT2D eigenvalue weighted by molar-refractivity contribution is 0.155. The Kier molecular flexibility index (Phi) is 5.51. The summed E-state index contributed by atoms with van der Waals surface area (Å²) in [5.74, 6) is 0.891. The second-order valence-corrected chi connectivity index (χ2v) is 3.21. The van der Waals surface area contributed by atoms with Crippen molar-refractivity contribution in [2.45, 2.75) is 19.8 Å². The van der Waals surface area contributed by atoms with Gasteiger partial charge in [-0.2, -0.15) is 0 Å². The third kappa shape index (κ3) is 2.65. The normalized spacial score (nSPS) is 12.0. The summed E-state index contributed by atoms with van der Waals surface area (Å²) in [5.41, 5.74) is -0.238. The van der Waals surface area contributed by atoms with E-state index in [4.69, 9.17) is 28.3 Å². The SMILES string of the molecule is CCCC(CO)(CCl)CCl. The zero-order chi connectivity index (χ0) is 8.04. The molecule has 3 heteroatoms. The van der Waals surface area contributed by atoms with Crippen molar-refractivity contribution in [3.05, 3.63) is 0 Å². The van der Waals surface area contributed by atoms with Crippen molar-refractivity contribution in [1.29, 1.82) is 0 Å². The van der Waals surface area contributed by atoms with Gasteiger partial charge in [-0.3, -0.25) is 0 Å². The van der Waals surface area contributed by atoms with Crippen LogP contribution in [0.1, 0.15) is 19.8 Å². The van der Waals surface area contributed by atoms with E-state index in [9.17, 15) is 0 Å². The average Bonchev–Trinajstić information content (AvgIpc) is 2.01. The number of halogens is 2. The van der Waals surface area contributed by atoms with Crippen molar-refractivity contribution in [2.75, 3.05) is 18.4 Å². The van der Waals surface area contributed by atoms with Crippen LogP contribution in [0, 0.1) is 5.41 Å². The van der Waals surface area contributed by atoms with E-state index in [2.05, 4.69) is 6.92 Å². The number of alkyl halides is 2. The van der Waals surface area contributed by atoms with Gasteiger partial charge in [-0.1, -0.05) is 13.3 Å². The Hall–Kier alpha value is 0.540. The van der Waals surface area contributed by atoms with Crippen molar-refractivity contribution in [3.8, 4) is 0 Å². The molecule has 0 aromatic carbocycles. The first-order chi connectivity index (χ1) is 4.74. The highest BCUT2D eigenvalue weighted by Gasteiger charge is 2.25. The molecule has 0 aliphatic carbocycles. The fourth-order valence-corrected chi connectivity index (χ4v) is 1.59. The van der Waals surface area contributed by atoms with Crippen LogP contribution in [0.25, 0.3) is 0 Å². The minimum Gasteiger partial charge on any atom is -0.396 e. The summed E-state index contributed by atoms with van der Waals surface area (Å²) in [7, 11) is 0. The van der Waals surface area contributed by atoms with Gasteiger partial charge in [0.2, 0.25) is 0 Å². The first-order valence-electron chi connectivity index (χ1n) is 3.47. The first-order valence-corrected chi connectivity index (χ1v) is 4.54. The van der Waals surface area contributed by atoms with Crippen LogP contribution in [-0.4, -0.2) is 23.5 Å². The molecule has 0 saturated carbocycles. The topological polar surface area (TPSA) is 20.2 Å². The van der Waals surface area contributed by atoms with Crippen LogP contribution in [0.3, 0.4) is 0 Å². The minimum absolute atomic E-state index is 0.0911. The predicted molar refractivity (Wildman–Crippen MR) is 45.9 cm³/mol. The first kappa shape index (κ1) is 10.5. The number of hydrogen-bond acceptors (Lipinski definition) is 1. The Morgan fingerprint density at radius 1 is 1.30 bits per heavy atom. The molecule has 0 aromatic rings. The van der Waals surface area contributed by atoms with Crippen LogP contribution >= 0.6 is 23.2 Å². The third-order valence-electron chi connectivity index (χ3n) is 1.68. The Labute approximate surface area is 72.3 Å². The molecule has 0 spiro atoms. The highest BCUT2D eigenvalue weighted by atomic mass is 35.5. The number of aliphatic hydroxyl groups excluding tert-OH is 1. The zero-order valence-corrected chi connectivity index (χ0v) is 7.75. The Balaban J connectivity index is 3.87. The summed E-state index contributed by atoms with van der Waals surface area (Å²) in [4.78, 5) is 0. The Bertz CT molecular complexity index is 73.4. The van der Waals surface area contributed by atoms with Gasteiger partial charge in [-0.25, -0.2) is 0 Å². The summed E-state index contributed by atoms with van der Waals surface area (Å²) in [6.45, 7) is 2.15. The lowest BCUT2D eigenvalue weighted by atomic mass is 9.89. The summed E-state index contributed by atoms with van der Waals surface area (Å²) in [6.07, 6.45) is 1.91. The van der Waals surface area contributed by atoms with Gasteiger partial charge in [-0.15, -0.1) is 23.2 Å². The molecule has 0 aliphatic rings. The third-order valence-corrected chi connectivity index (χ3v) is 2.82. The zero-order valence-electron chi connectivity index (χ0n) is 6.24. The van der Waals surface area contributed by atoms with E-state index in [0.717, 1.165) is 12.8 Å². The molecule has 0 rings (SSSR count). The molecule has 0 amide bonds. The maximum absolute atomic E-state index is 8.94. The van der Waals surface area contributed by atoms with E-state index in [0.29, 0.717) is 11.8 Å². The highest BCUT2D eigenvalue weighted by molar-refractivity contribution is 6.21. The summed E-state index contributed by atoms with van der Waals surface area (Å²) >= 11 is 11.3. The molecular formula is C7H14Cl2O. The van der Waals surface area contributed by atoms with Gasteiger partial charge in [0.25, 0.3) is 0 Å². The van der Waals surface area contributed by atoms with E-state index in [-0.39, 0.29) is 12.0 Å². The smallest absolute Gasteiger partial charge is 0.0510 e. The lowest BCUT2D eigenvalue weighted by Crippen LogP contribution is -2.29. The van der Waals surface area contributed by atoms with Gasteiger partial charge < -0.3 is 5.11 Å². The van der Waals surface area contributed by atoms with Gasteiger partial charge in [-0.05, 0) is 6.42 Å². The van der Waals surface area contributed by atoms with Gasteiger partial charge in [0.1, 0.15) is 0 Å². The molecule has 62 valence electrons. The Morgan fingerprint density at radius 3 is 1.90 bits per heavy atom. The van der Waals surface area contributed by atoms with E-state index in [1.807, 2.05) is 0 Å². The standard InChI is InChI=1S/C7H14Cl2O/c1-2-3-7(4-8,5-9)6-10/h10H,2-6H2,1H3. The van der Waals surface area contributed by atoms with E-state index >= 15 is 0 Å². The van der Waals surface area contributed by atoms with Crippen molar-refractivity contribution in [2.24, 2.45) is 5.41 Å². The van der Waals surface area contributed by atoms with Gasteiger partial charge >= 0.3 is 0 Å². The van der Waals surface area contributed by atoms with Crippen molar-refractivity contribution < 1.29 is 5.11 Å². The monoisotopic (exact) mass is 184 g/mol. The molecule has 0 bridgehead atoms.